The van der Waals surface area contributed by atoms with Gasteiger partial charge in [-0.15, -0.1) is 0 Å². The summed E-state index contributed by atoms with van der Waals surface area (Å²) in [5, 5.41) is 11.8. The molecule has 0 spiro atoms. The van der Waals surface area contributed by atoms with E-state index in [2.05, 4.69) is 5.32 Å². The molecule has 0 heterocycles. The van der Waals surface area contributed by atoms with Crippen molar-refractivity contribution >= 4 is 17.5 Å². The second kappa shape index (κ2) is 9.23. The Kier molecular flexibility index (Phi) is 6.75. The van der Waals surface area contributed by atoms with Crippen LogP contribution in [0.1, 0.15) is 29.3 Å². The highest BCUT2D eigenvalue weighted by Gasteiger charge is 2.19. The Balaban J connectivity index is 2.12. The summed E-state index contributed by atoms with van der Waals surface area (Å²) in [6.07, 6.45) is 0.714. The van der Waals surface area contributed by atoms with Gasteiger partial charge in [-0.25, -0.2) is 0 Å². The fourth-order valence-electron chi connectivity index (χ4n) is 2.54. The Bertz CT molecular complexity index is 827. The van der Waals surface area contributed by atoms with Crippen LogP contribution >= 0.6 is 0 Å². The molecular formula is C20H21N3O3. The highest BCUT2D eigenvalue weighted by atomic mass is 16.5. The van der Waals surface area contributed by atoms with Crippen LogP contribution in [0.15, 0.2) is 48.5 Å². The molecule has 2 aromatic rings. The van der Waals surface area contributed by atoms with Crippen molar-refractivity contribution in [3.05, 3.63) is 59.7 Å². The lowest BCUT2D eigenvalue weighted by Gasteiger charge is -2.22. The second-order valence-corrected chi connectivity index (χ2v) is 5.67. The molecule has 1 N–H and O–H groups in total. The molecule has 0 aromatic heterocycles. The molecule has 2 amide bonds. The monoisotopic (exact) mass is 351 g/mol. The van der Waals surface area contributed by atoms with Crippen molar-refractivity contribution in [2.24, 2.45) is 0 Å². The van der Waals surface area contributed by atoms with Crippen LogP contribution in [0.2, 0.25) is 0 Å². The zero-order chi connectivity index (χ0) is 18.9. The maximum Gasteiger partial charge on any atom is 0.254 e. The van der Waals surface area contributed by atoms with E-state index in [1.54, 1.807) is 36.4 Å². The van der Waals surface area contributed by atoms with Crippen LogP contribution in [-0.2, 0) is 4.79 Å². The van der Waals surface area contributed by atoms with E-state index >= 15 is 0 Å². The van der Waals surface area contributed by atoms with Crippen LogP contribution in [0, 0.1) is 11.3 Å². The zero-order valence-corrected chi connectivity index (χ0v) is 14.9. The number of hydrogen-bond acceptors (Lipinski definition) is 4. The Labute approximate surface area is 153 Å². The maximum atomic E-state index is 12.7. The molecule has 0 bridgehead atoms. The smallest absolute Gasteiger partial charge is 0.254 e. The van der Waals surface area contributed by atoms with Crippen molar-refractivity contribution in [2.45, 2.75) is 13.3 Å². The summed E-state index contributed by atoms with van der Waals surface area (Å²) in [7, 11) is 1.53. The number of rotatable bonds is 7. The Morgan fingerprint density at radius 1 is 1.19 bits per heavy atom. The molecule has 2 aromatic carbocycles. The summed E-state index contributed by atoms with van der Waals surface area (Å²) in [6.45, 7) is 2.29. The van der Waals surface area contributed by atoms with Gasteiger partial charge in [-0.3, -0.25) is 9.59 Å². The lowest BCUT2D eigenvalue weighted by atomic mass is 10.1. The molecular weight excluding hydrogens is 330 g/mol. The minimum atomic E-state index is -0.312. The average Bonchev–Trinajstić information content (AvgIpc) is 2.67. The van der Waals surface area contributed by atoms with Crippen LogP contribution in [0.5, 0.6) is 5.75 Å². The molecule has 0 aliphatic carbocycles. The van der Waals surface area contributed by atoms with E-state index in [1.165, 1.54) is 18.1 Å². The number of ether oxygens (including phenoxy) is 1. The lowest BCUT2D eigenvalue weighted by molar-refractivity contribution is -0.116. The van der Waals surface area contributed by atoms with Gasteiger partial charge in [0.1, 0.15) is 12.3 Å². The molecule has 134 valence electrons. The predicted molar refractivity (Wildman–Crippen MR) is 99.0 cm³/mol. The number of para-hydroxylation sites is 2. The zero-order valence-electron chi connectivity index (χ0n) is 14.9. The third kappa shape index (κ3) is 4.84. The van der Waals surface area contributed by atoms with Crippen molar-refractivity contribution in [1.82, 2.24) is 4.90 Å². The van der Waals surface area contributed by atoms with Crippen molar-refractivity contribution in [3.63, 3.8) is 0 Å². The third-order valence-corrected chi connectivity index (χ3v) is 3.73. The van der Waals surface area contributed by atoms with Gasteiger partial charge in [-0.1, -0.05) is 25.1 Å². The first kappa shape index (κ1) is 19.0. The molecule has 26 heavy (non-hydrogen) atoms. The van der Waals surface area contributed by atoms with Crippen molar-refractivity contribution < 1.29 is 14.3 Å². The standard InChI is InChI=1S/C20H21N3O3/c1-3-11-23(20(25)16-8-6-7-15(12-16)13-21)14-19(24)22-17-9-4-5-10-18(17)26-2/h4-10,12H,3,11,14H2,1-2H3,(H,22,24). The first-order valence-corrected chi connectivity index (χ1v) is 8.31. The number of nitriles is 1. The summed E-state index contributed by atoms with van der Waals surface area (Å²) in [6, 6.07) is 15.6. The summed E-state index contributed by atoms with van der Waals surface area (Å²) < 4.78 is 5.22. The molecule has 6 nitrogen and oxygen atoms in total. The summed E-state index contributed by atoms with van der Waals surface area (Å²) in [5.41, 5.74) is 1.35. The van der Waals surface area contributed by atoms with Gasteiger partial charge in [0.25, 0.3) is 5.91 Å². The predicted octanol–water partition coefficient (Wildman–Crippen LogP) is 3.06. The van der Waals surface area contributed by atoms with Gasteiger partial charge in [0, 0.05) is 12.1 Å². The van der Waals surface area contributed by atoms with Crippen LogP contribution in [0.25, 0.3) is 0 Å². The number of methoxy groups -OCH3 is 1. The third-order valence-electron chi connectivity index (χ3n) is 3.73. The van der Waals surface area contributed by atoms with Gasteiger partial charge in [0.05, 0.1) is 24.4 Å². The second-order valence-electron chi connectivity index (χ2n) is 5.67. The van der Waals surface area contributed by atoms with Crippen LogP contribution < -0.4 is 10.1 Å². The Morgan fingerprint density at radius 2 is 1.96 bits per heavy atom. The largest absolute Gasteiger partial charge is 0.495 e. The minimum Gasteiger partial charge on any atom is -0.495 e. The van der Waals surface area contributed by atoms with Gasteiger partial charge in [0.2, 0.25) is 5.91 Å². The number of carbonyl (C=O) groups excluding carboxylic acids is 2. The molecule has 0 saturated carbocycles. The highest BCUT2D eigenvalue weighted by Crippen LogP contribution is 2.23. The maximum absolute atomic E-state index is 12.7. The molecule has 0 aliphatic heterocycles. The number of nitrogens with one attached hydrogen (secondary N) is 1. The van der Waals surface area contributed by atoms with E-state index in [-0.39, 0.29) is 18.4 Å². The van der Waals surface area contributed by atoms with E-state index < -0.39 is 0 Å². The number of nitrogens with zero attached hydrogens (tertiary/aromatic N) is 2. The van der Waals surface area contributed by atoms with Crippen molar-refractivity contribution in [2.75, 3.05) is 25.5 Å². The van der Waals surface area contributed by atoms with Crippen LogP contribution in [0.4, 0.5) is 5.69 Å². The quantitative estimate of drug-likeness (QED) is 0.831. The number of carbonyl (C=O) groups is 2. The number of amides is 2. The number of benzene rings is 2. The fourth-order valence-corrected chi connectivity index (χ4v) is 2.54. The molecule has 6 heteroatoms. The Hall–Kier alpha value is -3.33. The first-order chi connectivity index (χ1) is 12.6. The van der Waals surface area contributed by atoms with E-state index in [0.29, 0.717) is 35.5 Å². The van der Waals surface area contributed by atoms with E-state index in [9.17, 15) is 9.59 Å². The average molecular weight is 351 g/mol. The van der Waals surface area contributed by atoms with E-state index in [1.807, 2.05) is 19.1 Å². The molecule has 0 aliphatic rings. The van der Waals surface area contributed by atoms with Gasteiger partial charge in [-0.05, 0) is 36.8 Å². The van der Waals surface area contributed by atoms with Gasteiger partial charge < -0.3 is 15.0 Å². The van der Waals surface area contributed by atoms with Crippen molar-refractivity contribution in [1.29, 1.82) is 5.26 Å². The topological polar surface area (TPSA) is 82.4 Å². The van der Waals surface area contributed by atoms with E-state index in [4.69, 9.17) is 10.00 Å². The number of hydrogen-bond donors (Lipinski definition) is 1. The molecule has 0 atom stereocenters. The molecule has 0 unspecified atom stereocenters. The summed E-state index contributed by atoms with van der Waals surface area (Å²) >= 11 is 0. The van der Waals surface area contributed by atoms with Gasteiger partial charge in [-0.2, -0.15) is 5.26 Å². The lowest BCUT2D eigenvalue weighted by Crippen LogP contribution is -2.38. The Morgan fingerprint density at radius 3 is 2.65 bits per heavy atom. The molecule has 0 fully saturated rings. The number of anilines is 1. The van der Waals surface area contributed by atoms with Crippen LogP contribution in [-0.4, -0.2) is 36.9 Å². The normalized spacial score (nSPS) is 9.88. The van der Waals surface area contributed by atoms with Crippen molar-refractivity contribution in [3.8, 4) is 11.8 Å². The fraction of sp³-hybridized carbons (Fsp3) is 0.250. The van der Waals surface area contributed by atoms with Gasteiger partial charge >= 0.3 is 0 Å². The summed E-state index contributed by atoms with van der Waals surface area (Å²) in [5.74, 6) is -0.0391. The van der Waals surface area contributed by atoms with Gasteiger partial charge in [0.15, 0.2) is 0 Å². The molecule has 0 radical (unpaired) electrons. The molecule has 2 rings (SSSR count). The molecule has 0 saturated heterocycles. The highest BCUT2D eigenvalue weighted by molar-refractivity contribution is 6.00. The first-order valence-electron chi connectivity index (χ1n) is 8.31. The summed E-state index contributed by atoms with van der Waals surface area (Å²) in [4.78, 5) is 26.6. The van der Waals surface area contributed by atoms with E-state index in [0.717, 1.165) is 0 Å². The SMILES string of the molecule is CCCN(CC(=O)Nc1ccccc1OC)C(=O)c1cccc(C#N)c1. The minimum absolute atomic E-state index is 0.0818. The van der Waals surface area contributed by atoms with Crippen LogP contribution in [0.3, 0.4) is 0 Å².